The number of nitrogens with zero attached hydrogens (tertiary/aromatic N) is 3. The molecule has 8 heteroatoms. The second-order valence-electron chi connectivity index (χ2n) is 7.91. The van der Waals surface area contributed by atoms with Crippen LogP contribution in [0.4, 0.5) is 21.6 Å². The first-order chi connectivity index (χ1) is 16.4. The molecule has 0 unspecified atom stereocenters. The number of H-pyrrole nitrogens is 1. The SMILES string of the molecule is CC/C(C)=c1/c(=C/N=C(C)c2ccncc2Nc2ncccc2F)[nH]c2ccc(N)c(C=N)c12. The predicted octanol–water partition coefficient (Wildman–Crippen LogP) is 4.25. The molecule has 0 saturated carbocycles. The number of nitrogen functional groups attached to an aromatic ring is 1. The minimum absolute atomic E-state index is 0.122. The smallest absolute Gasteiger partial charge is 0.166 e. The molecule has 5 N–H and O–H groups in total. The third-order valence-corrected chi connectivity index (χ3v) is 5.78. The van der Waals surface area contributed by atoms with Crippen molar-refractivity contribution in [3.63, 3.8) is 0 Å². The zero-order valence-electron chi connectivity index (χ0n) is 19.3. The first kappa shape index (κ1) is 22.8. The Hall–Kier alpha value is -4.33. The summed E-state index contributed by atoms with van der Waals surface area (Å²) in [5.74, 6) is -0.329. The molecule has 7 nitrogen and oxygen atoms in total. The number of aliphatic imine (C=N–C) groups is 1. The van der Waals surface area contributed by atoms with Gasteiger partial charge in [-0.3, -0.25) is 9.98 Å². The van der Waals surface area contributed by atoms with Gasteiger partial charge in [0.2, 0.25) is 0 Å². The van der Waals surface area contributed by atoms with Gasteiger partial charge >= 0.3 is 0 Å². The maximum Gasteiger partial charge on any atom is 0.166 e. The number of fused-ring (bicyclic) bond motifs is 1. The summed E-state index contributed by atoms with van der Waals surface area (Å²) in [4.78, 5) is 16.4. The highest BCUT2D eigenvalue weighted by molar-refractivity contribution is 6.05. The van der Waals surface area contributed by atoms with E-state index in [0.29, 0.717) is 22.6 Å². The zero-order chi connectivity index (χ0) is 24.2. The van der Waals surface area contributed by atoms with Crippen molar-refractivity contribution in [3.8, 4) is 0 Å². The quantitative estimate of drug-likeness (QED) is 0.257. The Bertz CT molecular complexity index is 1530. The molecule has 0 saturated heterocycles. The Balaban J connectivity index is 1.86. The van der Waals surface area contributed by atoms with Gasteiger partial charge in [-0.15, -0.1) is 0 Å². The van der Waals surface area contributed by atoms with Gasteiger partial charge in [0.25, 0.3) is 0 Å². The average Bonchev–Trinajstić information content (AvgIpc) is 3.22. The summed E-state index contributed by atoms with van der Waals surface area (Å²) in [5, 5.41) is 13.6. The van der Waals surface area contributed by atoms with Gasteiger partial charge in [-0.05, 0) is 50.6 Å². The lowest BCUT2D eigenvalue weighted by Gasteiger charge is -2.10. The molecule has 172 valence electrons. The van der Waals surface area contributed by atoms with Crippen LogP contribution >= 0.6 is 0 Å². The fourth-order valence-corrected chi connectivity index (χ4v) is 3.87. The largest absolute Gasteiger partial charge is 0.398 e. The van der Waals surface area contributed by atoms with Crippen LogP contribution in [-0.2, 0) is 0 Å². The van der Waals surface area contributed by atoms with E-state index in [-0.39, 0.29) is 5.82 Å². The molecule has 3 heterocycles. The van der Waals surface area contributed by atoms with Crippen molar-refractivity contribution in [2.75, 3.05) is 11.1 Å². The van der Waals surface area contributed by atoms with Crippen LogP contribution in [0.3, 0.4) is 0 Å². The third kappa shape index (κ3) is 4.30. The van der Waals surface area contributed by atoms with E-state index in [9.17, 15) is 4.39 Å². The first-order valence-electron chi connectivity index (χ1n) is 10.9. The van der Waals surface area contributed by atoms with E-state index in [0.717, 1.165) is 39.0 Å². The third-order valence-electron chi connectivity index (χ3n) is 5.78. The molecule has 34 heavy (non-hydrogen) atoms. The second kappa shape index (κ2) is 9.66. The van der Waals surface area contributed by atoms with Gasteiger partial charge in [0.05, 0.1) is 23.4 Å². The van der Waals surface area contributed by atoms with E-state index in [1.165, 1.54) is 24.5 Å². The molecule has 3 aromatic heterocycles. The van der Waals surface area contributed by atoms with E-state index < -0.39 is 5.82 Å². The van der Waals surface area contributed by atoms with E-state index in [1.807, 2.05) is 19.1 Å². The molecule has 0 atom stereocenters. The van der Waals surface area contributed by atoms with Crippen LogP contribution in [0.1, 0.15) is 38.3 Å². The molecule has 0 fully saturated rings. The maximum atomic E-state index is 14.1. The normalized spacial score (nSPS) is 13.3. The highest BCUT2D eigenvalue weighted by Gasteiger charge is 2.11. The number of rotatable bonds is 6. The Morgan fingerprint density at radius 3 is 2.79 bits per heavy atom. The van der Waals surface area contributed by atoms with Crippen LogP contribution in [0.25, 0.3) is 22.7 Å². The van der Waals surface area contributed by atoms with Gasteiger partial charge < -0.3 is 21.4 Å². The first-order valence-corrected chi connectivity index (χ1v) is 10.9. The lowest BCUT2D eigenvalue weighted by Crippen LogP contribution is -2.25. The summed E-state index contributed by atoms with van der Waals surface area (Å²) < 4.78 is 14.1. The maximum absolute atomic E-state index is 14.1. The summed E-state index contributed by atoms with van der Waals surface area (Å²) in [7, 11) is 0. The summed E-state index contributed by atoms with van der Waals surface area (Å²) >= 11 is 0. The van der Waals surface area contributed by atoms with Gasteiger partial charge in [0, 0.05) is 57.3 Å². The van der Waals surface area contributed by atoms with Crippen molar-refractivity contribution in [1.29, 1.82) is 5.41 Å². The zero-order valence-corrected chi connectivity index (χ0v) is 19.3. The topological polar surface area (TPSA) is 116 Å². The lowest BCUT2D eigenvalue weighted by atomic mass is 10.0. The molecule has 0 radical (unpaired) electrons. The molecule has 0 aliphatic heterocycles. The Labute approximate surface area is 196 Å². The van der Waals surface area contributed by atoms with E-state index in [1.54, 1.807) is 24.7 Å². The molecular weight excluding hydrogens is 429 g/mol. The number of aromatic nitrogens is 3. The standard InChI is InChI=1S/C26H26FN7/c1-4-15(2)24-23(33-21-8-7-20(29)18(12-28)25(21)24)14-32-16(3)17-9-11-30-13-22(17)34-26-19(27)6-5-10-31-26/h5-14,28,33H,4,29H2,1-3H3,(H,31,34)/b23-14-,24-15-,28-12?,32-16?. The number of benzene rings is 1. The van der Waals surface area contributed by atoms with Crippen molar-refractivity contribution in [3.05, 3.63) is 76.4 Å². The Kier molecular flexibility index (Phi) is 6.49. The van der Waals surface area contributed by atoms with Crippen molar-refractivity contribution in [2.45, 2.75) is 27.2 Å². The molecule has 0 amide bonds. The molecule has 4 aromatic rings. The van der Waals surface area contributed by atoms with E-state index >= 15 is 0 Å². The van der Waals surface area contributed by atoms with Crippen LogP contribution in [0.15, 0.2) is 53.9 Å². The van der Waals surface area contributed by atoms with Crippen LogP contribution in [0, 0.1) is 11.2 Å². The average molecular weight is 456 g/mol. The molecule has 0 aliphatic rings. The van der Waals surface area contributed by atoms with E-state index in [4.69, 9.17) is 16.1 Å². The molecule has 4 rings (SSSR count). The highest BCUT2D eigenvalue weighted by Crippen LogP contribution is 2.21. The summed E-state index contributed by atoms with van der Waals surface area (Å²) in [6, 6.07) is 8.42. The van der Waals surface area contributed by atoms with Crippen molar-refractivity contribution in [2.24, 2.45) is 4.99 Å². The Morgan fingerprint density at radius 2 is 2.06 bits per heavy atom. The fourth-order valence-electron chi connectivity index (χ4n) is 3.87. The summed E-state index contributed by atoms with van der Waals surface area (Å²) in [6.45, 7) is 6.04. The van der Waals surface area contributed by atoms with E-state index in [2.05, 4.69) is 34.1 Å². The predicted molar refractivity (Wildman–Crippen MR) is 138 cm³/mol. The number of halogens is 1. The van der Waals surface area contributed by atoms with Gasteiger partial charge in [-0.1, -0.05) is 12.5 Å². The minimum atomic E-state index is -0.451. The Morgan fingerprint density at radius 1 is 1.24 bits per heavy atom. The number of nitrogens with two attached hydrogens (primary N) is 1. The van der Waals surface area contributed by atoms with Crippen molar-refractivity contribution >= 4 is 51.8 Å². The van der Waals surface area contributed by atoms with Crippen molar-refractivity contribution < 1.29 is 4.39 Å². The van der Waals surface area contributed by atoms with Crippen molar-refractivity contribution in [1.82, 2.24) is 15.0 Å². The molecule has 1 aromatic carbocycles. The van der Waals surface area contributed by atoms with Crippen LogP contribution in [-0.4, -0.2) is 26.9 Å². The van der Waals surface area contributed by atoms with Gasteiger partial charge in [0.1, 0.15) is 0 Å². The number of aromatic amines is 1. The summed E-state index contributed by atoms with van der Waals surface area (Å²) in [6.07, 6.45) is 8.72. The molecule has 0 bridgehead atoms. The summed E-state index contributed by atoms with van der Waals surface area (Å²) in [5.41, 5.74) is 11.5. The van der Waals surface area contributed by atoms with Crippen LogP contribution in [0.5, 0.6) is 0 Å². The lowest BCUT2D eigenvalue weighted by molar-refractivity contribution is 0.626. The molecule has 0 aliphatic carbocycles. The number of hydrogen-bond acceptors (Lipinski definition) is 6. The minimum Gasteiger partial charge on any atom is -0.398 e. The number of hydrogen-bond donors (Lipinski definition) is 4. The number of pyridine rings is 2. The highest BCUT2D eigenvalue weighted by atomic mass is 19.1. The fraction of sp³-hybridized carbons (Fsp3) is 0.154. The second-order valence-corrected chi connectivity index (χ2v) is 7.91. The van der Waals surface area contributed by atoms with Crippen LogP contribution in [0.2, 0.25) is 0 Å². The van der Waals surface area contributed by atoms with Gasteiger partial charge in [0.15, 0.2) is 11.6 Å². The number of anilines is 3. The van der Waals surface area contributed by atoms with Gasteiger partial charge in [-0.25, -0.2) is 9.37 Å². The monoisotopic (exact) mass is 455 g/mol. The molecular formula is C26H26FN7. The number of nitrogens with one attached hydrogen (secondary N) is 3. The van der Waals surface area contributed by atoms with Crippen LogP contribution < -0.4 is 21.6 Å². The van der Waals surface area contributed by atoms with Gasteiger partial charge in [-0.2, -0.15) is 0 Å². The molecule has 0 spiro atoms.